The van der Waals surface area contributed by atoms with Gasteiger partial charge in [0.2, 0.25) is 5.91 Å². The van der Waals surface area contributed by atoms with Crippen molar-refractivity contribution in [2.24, 2.45) is 5.92 Å². The molecular formula is C16H30N2O. The zero-order valence-corrected chi connectivity index (χ0v) is 13.0. The van der Waals surface area contributed by atoms with Gasteiger partial charge in [-0.15, -0.1) is 0 Å². The van der Waals surface area contributed by atoms with E-state index in [1.165, 1.54) is 19.3 Å². The molecule has 0 aromatic carbocycles. The highest BCUT2D eigenvalue weighted by Crippen LogP contribution is 2.38. The first kappa shape index (κ1) is 14.8. The minimum absolute atomic E-state index is 0.256. The lowest BCUT2D eigenvalue weighted by molar-refractivity contribution is -0.135. The maximum absolute atomic E-state index is 12.8. The van der Waals surface area contributed by atoms with Crippen LogP contribution in [0.5, 0.6) is 0 Å². The molecule has 0 bridgehead atoms. The predicted molar refractivity (Wildman–Crippen MR) is 78.8 cm³/mol. The van der Waals surface area contributed by atoms with Gasteiger partial charge in [-0.05, 0) is 38.5 Å². The molecule has 0 radical (unpaired) electrons. The first-order valence-electron chi connectivity index (χ1n) is 8.16. The number of rotatable bonds is 7. The molecule has 2 fully saturated rings. The monoisotopic (exact) mass is 266 g/mol. The van der Waals surface area contributed by atoms with Crippen molar-refractivity contribution in [1.82, 2.24) is 10.2 Å². The van der Waals surface area contributed by atoms with Crippen LogP contribution in [0.4, 0.5) is 0 Å². The van der Waals surface area contributed by atoms with Crippen molar-refractivity contribution in [2.45, 2.75) is 90.4 Å². The van der Waals surface area contributed by atoms with Crippen LogP contribution in [0.2, 0.25) is 0 Å². The van der Waals surface area contributed by atoms with Crippen LogP contribution in [0.25, 0.3) is 0 Å². The second kappa shape index (κ2) is 5.82. The lowest BCUT2D eigenvalue weighted by Gasteiger charge is -2.32. The van der Waals surface area contributed by atoms with Gasteiger partial charge >= 0.3 is 0 Å². The van der Waals surface area contributed by atoms with Crippen molar-refractivity contribution in [3.05, 3.63) is 0 Å². The molecule has 3 heteroatoms. The van der Waals surface area contributed by atoms with Gasteiger partial charge in [0.05, 0.1) is 11.7 Å². The van der Waals surface area contributed by atoms with Crippen molar-refractivity contribution >= 4 is 5.91 Å². The predicted octanol–water partition coefficient (Wildman–Crippen LogP) is 3.29. The summed E-state index contributed by atoms with van der Waals surface area (Å²) in [6.45, 7) is 8.61. The molecule has 1 saturated carbocycles. The van der Waals surface area contributed by atoms with Gasteiger partial charge in [-0.25, -0.2) is 0 Å². The van der Waals surface area contributed by atoms with E-state index < -0.39 is 0 Å². The summed E-state index contributed by atoms with van der Waals surface area (Å²) in [7, 11) is 0. The summed E-state index contributed by atoms with van der Waals surface area (Å²) >= 11 is 0. The lowest BCUT2D eigenvalue weighted by Crippen LogP contribution is -2.45. The second-order valence-electron chi connectivity index (χ2n) is 6.59. The first-order chi connectivity index (χ1) is 9.05. The summed E-state index contributed by atoms with van der Waals surface area (Å²) in [6, 6.07) is 0.442. The quantitative estimate of drug-likeness (QED) is 0.767. The lowest BCUT2D eigenvalue weighted by atomic mass is 9.98. The van der Waals surface area contributed by atoms with Crippen LogP contribution < -0.4 is 5.32 Å². The van der Waals surface area contributed by atoms with E-state index in [9.17, 15) is 4.79 Å². The van der Waals surface area contributed by atoms with Gasteiger partial charge in [0, 0.05) is 6.04 Å². The van der Waals surface area contributed by atoms with E-state index in [2.05, 4.69) is 37.9 Å². The Morgan fingerprint density at radius 1 is 1.37 bits per heavy atom. The Morgan fingerprint density at radius 3 is 2.53 bits per heavy atom. The summed E-state index contributed by atoms with van der Waals surface area (Å²) < 4.78 is 0. The standard InChI is InChI=1S/C16H30N2O/c1-5-8-14-17-16(4,7-3)15(19)18(14)13(6-2)11-12-9-10-12/h12-14,17H,5-11H2,1-4H3. The summed E-state index contributed by atoms with van der Waals surface area (Å²) in [4.78, 5) is 15.0. The SMILES string of the molecule is CCCC1NC(C)(CC)C(=O)N1C(CC)CC1CC1. The van der Waals surface area contributed by atoms with E-state index >= 15 is 0 Å². The highest BCUT2D eigenvalue weighted by atomic mass is 16.2. The van der Waals surface area contributed by atoms with Crippen molar-refractivity contribution in [3.8, 4) is 0 Å². The molecule has 2 aliphatic rings. The molecule has 2 rings (SSSR count). The molecule has 0 aromatic rings. The van der Waals surface area contributed by atoms with Gasteiger partial charge in [-0.1, -0.05) is 40.0 Å². The van der Waals surface area contributed by atoms with E-state index in [1.807, 2.05) is 0 Å². The largest absolute Gasteiger partial charge is 0.323 e. The Kier molecular flexibility index (Phi) is 4.54. The third-order valence-electron chi connectivity index (χ3n) is 4.96. The molecule has 1 saturated heterocycles. The minimum Gasteiger partial charge on any atom is -0.323 e. The molecule has 0 aromatic heterocycles. The molecule has 3 nitrogen and oxygen atoms in total. The fourth-order valence-corrected chi connectivity index (χ4v) is 3.30. The van der Waals surface area contributed by atoms with Gasteiger partial charge in [-0.3, -0.25) is 10.1 Å². The number of amides is 1. The summed E-state index contributed by atoms with van der Waals surface area (Å²) in [5.41, 5.74) is -0.337. The first-order valence-corrected chi connectivity index (χ1v) is 8.16. The number of nitrogens with one attached hydrogen (secondary N) is 1. The van der Waals surface area contributed by atoms with Crippen molar-refractivity contribution in [1.29, 1.82) is 0 Å². The van der Waals surface area contributed by atoms with Crippen LogP contribution in [0.15, 0.2) is 0 Å². The van der Waals surface area contributed by atoms with Crippen molar-refractivity contribution in [2.75, 3.05) is 0 Å². The number of hydrogen-bond donors (Lipinski definition) is 1. The Hall–Kier alpha value is -0.570. The molecule has 3 unspecified atom stereocenters. The van der Waals surface area contributed by atoms with Crippen LogP contribution in [-0.4, -0.2) is 28.6 Å². The van der Waals surface area contributed by atoms with Gasteiger partial charge in [0.25, 0.3) is 0 Å². The van der Waals surface area contributed by atoms with Crippen LogP contribution >= 0.6 is 0 Å². The molecule has 3 atom stereocenters. The third-order valence-corrected chi connectivity index (χ3v) is 4.96. The van der Waals surface area contributed by atoms with E-state index in [1.54, 1.807) is 0 Å². The topological polar surface area (TPSA) is 32.3 Å². The van der Waals surface area contributed by atoms with Crippen LogP contribution in [0, 0.1) is 5.92 Å². The number of carbonyl (C=O) groups excluding carboxylic acids is 1. The molecule has 1 heterocycles. The summed E-state index contributed by atoms with van der Waals surface area (Å²) in [5.74, 6) is 1.22. The Balaban J connectivity index is 2.14. The zero-order chi connectivity index (χ0) is 14.0. The molecule has 1 amide bonds. The summed E-state index contributed by atoms with van der Waals surface area (Å²) in [5, 5.41) is 3.60. The fraction of sp³-hybridized carbons (Fsp3) is 0.938. The van der Waals surface area contributed by atoms with Gasteiger partial charge in [-0.2, -0.15) is 0 Å². The molecule has 1 N–H and O–H groups in total. The van der Waals surface area contributed by atoms with E-state index in [4.69, 9.17) is 0 Å². The average molecular weight is 266 g/mol. The molecule has 19 heavy (non-hydrogen) atoms. The molecule has 1 aliphatic carbocycles. The van der Waals surface area contributed by atoms with Crippen LogP contribution in [0.3, 0.4) is 0 Å². The smallest absolute Gasteiger partial charge is 0.244 e. The fourth-order valence-electron chi connectivity index (χ4n) is 3.30. The van der Waals surface area contributed by atoms with E-state index in [0.29, 0.717) is 11.9 Å². The Labute approximate surface area is 118 Å². The number of hydrogen-bond acceptors (Lipinski definition) is 2. The Bertz CT molecular complexity index is 325. The number of carbonyl (C=O) groups is 1. The number of nitrogens with zero attached hydrogens (tertiary/aromatic N) is 1. The van der Waals surface area contributed by atoms with Gasteiger partial charge in [0.1, 0.15) is 0 Å². The molecule has 0 spiro atoms. The van der Waals surface area contributed by atoms with Crippen LogP contribution in [-0.2, 0) is 4.79 Å². The summed E-state index contributed by atoms with van der Waals surface area (Å²) in [6.07, 6.45) is 8.37. The highest BCUT2D eigenvalue weighted by molar-refractivity contribution is 5.88. The van der Waals surface area contributed by atoms with Crippen molar-refractivity contribution < 1.29 is 4.79 Å². The van der Waals surface area contributed by atoms with Gasteiger partial charge < -0.3 is 4.90 Å². The van der Waals surface area contributed by atoms with Crippen LogP contribution in [0.1, 0.15) is 72.6 Å². The van der Waals surface area contributed by atoms with E-state index in [-0.39, 0.29) is 11.7 Å². The van der Waals surface area contributed by atoms with Gasteiger partial charge in [0.15, 0.2) is 0 Å². The minimum atomic E-state index is -0.337. The second-order valence-corrected chi connectivity index (χ2v) is 6.59. The third kappa shape index (κ3) is 2.96. The molecular weight excluding hydrogens is 236 g/mol. The maximum Gasteiger partial charge on any atom is 0.244 e. The molecule has 110 valence electrons. The average Bonchev–Trinajstić information content (AvgIpc) is 3.17. The van der Waals surface area contributed by atoms with Crippen molar-refractivity contribution in [3.63, 3.8) is 0 Å². The molecule has 1 aliphatic heterocycles. The van der Waals surface area contributed by atoms with E-state index in [0.717, 1.165) is 31.6 Å². The Morgan fingerprint density at radius 2 is 2.05 bits per heavy atom. The maximum atomic E-state index is 12.8. The zero-order valence-electron chi connectivity index (χ0n) is 13.0. The normalized spacial score (nSPS) is 32.9. The highest BCUT2D eigenvalue weighted by Gasteiger charge is 2.48.